The van der Waals surface area contributed by atoms with Crippen LogP contribution in [-0.2, 0) is 6.42 Å². The van der Waals surface area contributed by atoms with Crippen molar-refractivity contribution in [3.8, 4) is 5.75 Å². The summed E-state index contributed by atoms with van der Waals surface area (Å²) in [5.74, 6) is 2.20. The number of nitrogens with zero attached hydrogens (tertiary/aromatic N) is 4. The molecule has 4 rings (SSSR count). The SMILES string of the molecule is CCCCCc1ncc2c(n1)N(C)CCN(c1cccc(O[C@H](CCNC)c3ccsc3)c1)C2=O. The molecule has 1 aromatic carbocycles. The summed E-state index contributed by atoms with van der Waals surface area (Å²) in [4.78, 5) is 26.7. The van der Waals surface area contributed by atoms with Gasteiger partial charge in [-0.05, 0) is 49.0 Å². The van der Waals surface area contributed by atoms with E-state index < -0.39 is 0 Å². The van der Waals surface area contributed by atoms with Crippen LogP contribution >= 0.6 is 11.3 Å². The Balaban J connectivity index is 1.55. The Kier molecular flexibility index (Phi) is 8.71. The van der Waals surface area contributed by atoms with Gasteiger partial charge in [0.2, 0.25) is 0 Å². The topological polar surface area (TPSA) is 70.6 Å². The van der Waals surface area contributed by atoms with Crippen LogP contribution in [0.2, 0.25) is 0 Å². The molecule has 0 spiro atoms. The molecule has 8 heteroatoms. The number of ether oxygens (including phenoxy) is 1. The average Bonchev–Trinajstić information content (AvgIpc) is 3.38. The maximum atomic E-state index is 13.6. The van der Waals surface area contributed by atoms with Crippen molar-refractivity contribution in [2.75, 3.05) is 43.5 Å². The Labute approximate surface area is 212 Å². The molecule has 186 valence electrons. The van der Waals surface area contributed by atoms with E-state index in [1.165, 1.54) is 5.56 Å². The summed E-state index contributed by atoms with van der Waals surface area (Å²) in [6.45, 7) is 4.29. The molecule has 1 N–H and O–H groups in total. The van der Waals surface area contributed by atoms with Crippen LogP contribution in [0, 0.1) is 0 Å². The second kappa shape index (κ2) is 12.1. The van der Waals surface area contributed by atoms with Gasteiger partial charge in [-0.3, -0.25) is 4.79 Å². The van der Waals surface area contributed by atoms with E-state index in [0.717, 1.165) is 61.7 Å². The molecule has 1 aliphatic rings. The number of likely N-dealkylation sites (N-methyl/N-ethyl adjacent to an activating group) is 1. The number of anilines is 2. The van der Waals surface area contributed by atoms with Crippen molar-refractivity contribution < 1.29 is 9.53 Å². The Bertz CT molecular complexity index is 1100. The third-order valence-electron chi connectivity index (χ3n) is 6.30. The second-order valence-corrected chi connectivity index (χ2v) is 9.69. The van der Waals surface area contributed by atoms with Gasteiger partial charge in [-0.1, -0.05) is 25.8 Å². The number of nitrogens with one attached hydrogen (secondary N) is 1. The monoisotopic (exact) mass is 493 g/mol. The molecule has 0 aliphatic carbocycles. The van der Waals surface area contributed by atoms with Crippen LogP contribution in [0.1, 0.15) is 60.5 Å². The number of rotatable bonds is 11. The molecule has 0 unspecified atom stereocenters. The molecule has 0 bridgehead atoms. The van der Waals surface area contributed by atoms with Gasteiger partial charge in [0.25, 0.3) is 5.91 Å². The highest BCUT2D eigenvalue weighted by atomic mass is 32.1. The number of aromatic nitrogens is 2. The van der Waals surface area contributed by atoms with Gasteiger partial charge in [0.05, 0.1) is 0 Å². The standard InChI is InChI=1S/C27H35N5O2S/c1-4-5-6-10-25-29-18-23-26(30-25)31(3)14-15-32(27(23)33)21-8-7-9-22(17-21)34-24(11-13-28-2)20-12-16-35-19-20/h7-9,12,16-19,24,28H,4-6,10-11,13-15H2,1-3H3/t24-/m1/s1. The first-order valence-corrected chi connectivity index (χ1v) is 13.4. The van der Waals surface area contributed by atoms with Crippen molar-refractivity contribution >= 4 is 28.7 Å². The fourth-order valence-corrected chi connectivity index (χ4v) is 4.97. The number of carbonyl (C=O) groups excluding carboxylic acids is 1. The molecule has 1 atom stereocenters. The molecule has 0 radical (unpaired) electrons. The van der Waals surface area contributed by atoms with Crippen molar-refractivity contribution in [2.24, 2.45) is 0 Å². The van der Waals surface area contributed by atoms with Crippen molar-refractivity contribution in [1.29, 1.82) is 0 Å². The van der Waals surface area contributed by atoms with Crippen molar-refractivity contribution in [2.45, 2.75) is 45.1 Å². The minimum atomic E-state index is -0.0776. The van der Waals surface area contributed by atoms with Crippen LogP contribution in [0.25, 0.3) is 0 Å². The van der Waals surface area contributed by atoms with E-state index in [9.17, 15) is 4.79 Å². The van der Waals surface area contributed by atoms with Crippen molar-refractivity contribution in [3.63, 3.8) is 0 Å². The number of hydrogen-bond acceptors (Lipinski definition) is 7. The summed E-state index contributed by atoms with van der Waals surface area (Å²) in [5.41, 5.74) is 2.53. The van der Waals surface area contributed by atoms with Crippen LogP contribution in [0.4, 0.5) is 11.5 Å². The van der Waals surface area contributed by atoms with Gasteiger partial charge in [0.15, 0.2) is 0 Å². The molecule has 0 fully saturated rings. The number of unbranched alkanes of at least 4 members (excludes halogenated alkanes) is 2. The first-order chi connectivity index (χ1) is 17.1. The van der Waals surface area contributed by atoms with E-state index in [1.807, 2.05) is 43.3 Å². The van der Waals surface area contributed by atoms with E-state index in [0.29, 0.717) is 18.7 Å². The zero-order chi connectivity index (χ0) is 24.6. The maximum Gasteiger partial charge on any atom is 0.263 e. The summed E-state index contributed by atoms with van der Waals surface area (Å²) in [5, 5.41) is 7.41. The minimum Gasteiger partial charge on any atom is -0.486 e. The lowest BCUT2D eigenvalue weighted by Crippen LogP contribution is -2.33. The predicted octanol–water partition coefficient (Wildman–Crippen LogP) is 5.10. The highest BCUT2D eigenvalue weighted by Gasteiger charge is 2.28. The van der Waals surface area contributed by atoms with Gasteiger partial charge in [-0.2, -0.15) is 11.3 Å². The molecular weight excluding hydrogens is 458 g/mol. The molecule has 35 heavy (non-hydrogen) atoms. The summed E-state index contributed by atoms with van der Waals surface area (Å²) in [6, 6.07) is 9.93. The van der Waals surface area contributed by atoms with Crippen LogP contribution in [0.3, 0.4) is 0 Å². The molecule has 3 heterocycles. The highest BCUT2D eigenvalue weighted by molar-refractivity contribution is 7.07. The first kappa shape index (κ1) is 25.1. The number of thiophene rings is 1. The lowest BCUT2D eigenvalue weighted by atomic mass is 10.1. The van der Waals surface area contributed by atoms with Crippen LogP contribution in [0.5, 0.6) is 5.75 Å². The number of amides is 1. The van der Waals surface area contributed by atoms with E-state index in [4.69, 9.17) is 9.72 Å². The van der Waals surface area contributed by atoms with Crippen molar-refractivity contribution in [1.82, 2.24) is 15.3 Å². The zero-order valence-corrected chi connectivity index (χ0v) is 21.7. The van der Waals surface area contributed by atoms with Crippen LogP contribution < -0.4 is 19.9 Å². The third-order valence-corrected chi connectivity index (χ3v) is 7.00. The van der Waals surface area contributed by atoms with E-state index >= 15 is 0 Å². The summed E-state index contributed by atoms with van der Waals surface area (Å²) in [7, 11) is 3.94. The Hall–Kier alpha value is -2.97. The molecule has 3 aromatic rings. The molecule has 7 nitrogen and oxygen atoms in total. The highest BCUT2D eigenvalue weighted by Crippen LogP contribution is 2.31. The third kappa shape index (κ3) is 6.18. The Morgan fingerprint density at radius 1 is 1.23 bits per heavy atom. The summed E-state index contributed by atoms with van der Waals surface area (Å²) >= 11 is 1.67. The largest absolute Gasteiger partial charge is 0.486 e. The smallest absolute Gasteiger partial charge is 0.263 e. The van der Waals surface area contributed by atoms with Gasteiger partial charge in [-0.25, -0.2) is 9.97 Å². The van der Waals surface area contributed by atoms with Gasteiger partial charge >= 0.3 is 0 Å². The van der Waals surface area contributed by atoms with E-state index in [1.54, 1.807) is 17.5 Å². The number of fused-ring (bicyclic) bond motifs is 1. The van der Waals surface area contributed by atoms with Crippen molar-refractivity contribution in [3.05, 3.63) is 64.2 Å². The lowest BCUT2D eigenvalue weighted by molar-refractivity contribution is 0.0989. The Morgan fingerprint density at radius 2 is 2.11 bits per heavy atom. The quantitative estimate of drug-likeness (QED) is 0.375. The number of carbonyl (C=O) groups is 1. The summed E-state index contributed by atoms with van der Waals surface area (Å²) in [6.07, 6.45) is 6.73. The first-order valence-electron chi connectivity index (χ1n) is 12.4. The van der Waals surface area contributed by atoms with Gasteiger partial charge in [0, 0.05) is 56.5 Å². The average molecular weight is 494 g/mol. The normalized spacial score (nSPS) is 14.5. The molecular formula is C27H35N5O2S. The Morgan fingerprint density at radius 3 is 2.89 bits per heavy atom. The molecule has 1 amide bonds. The van der Waals surface area contributed by atoms with Gasteiger partial charge < -0.3 is 19.9 Å². The fourth-order valence-electron chi connectivity index (χ4n) is 4.27. The number of benzene rings is 1. The maximum absolute atomic E-state index is 13.6. The predicted molar refractivity (Wildman–Crippen MR) is 143 cm³/mol. The van der Waals surface area contributed by atoms with E-state index in [2.05, 4.69) is 39.0 Å². The van der Waals surface area contributed by atoms with E-state index in [-0.39, 0.29) is 12.0 Å². The second-order valence-electron chi connectivity index (χ2n) is 8.91. The molecule has 0 saturated carbocycles. The fraction of sp³-hybridized carbons (Fsp3) is 0.444. The van der Waals surface area contributed by atoms with Crippen LogP contribution in [0.15, 0.2) is 47.3 Å². The number of aryl methyl sites for hydroxylation is 1. The molecule has 2 aromatic heterocycles. The number of hydrogen-bond donors (Lipinski definition) is 1. The zero-order valence-electron chi connectivity index (χ0n) is 20.9. The molecule has 1 aliphatic heterocycles. The lowest BCUT2D eigenvalue weighted by Gasteiger charge is -2.23. The minimum absolute atomic E-state index is 0.0461. The summed E-state index contributed by atoms with van der Waals surface area (Å²) < 4.78 is 6.41. The van der Waals surface area contributed by atoms with Gasteiger partial charge in [0.1, 0.15) is 29.1 Å². The van der Waals surface area contributed by atoms with Crippen LogP contribution in [-0.4, -0.2) is 49.6 Å². The van der Waals surface area contributed by atoms with Gasteiger partial charge in [-0.15, -0.1) is 0 Å². The molecule has 0 saturated heterocycles.